The number of benzene rings is 1. The minimum atomic E-state index is -0.779. The van der Waals surface area contributed by atoms with Crippen LogP contribution >= 0.6 is 11.6 Å². The van der Waals surface area contributed by atoms with Gasteiger partial charge in [-0.3, -0.25) is 14.4 Å². The van der Waals surface area contributed by atoms with E-state index in [1.54, 1.807) is 36.1 Å². The third-order valence-corrected chi connectivity index (χ3v) is 5.82. The van der Waals surface area contributed by atoms with Crippen LogP contribution in [0.1, 0.15) is 37.9 Å². The van der Waals surface area contributed by atoms with Gasteiger partial charge >= 0.3 is 11.8 Å². The highest BCUT2D eigenvalue weighted by Gasteiger charge is 2.40. The number of aryl methyl sites for hydroxylation is 1. The normalized spacial score (nSPS) is 18.6. The Balaban J connectivity index is 1.89. The maximum atomic E-state index is 13.2. The van der Waals surface area contributed by atoms with Crippen LogP contribution in [0.5, 0.6) is 0 Å². The van der Waals surface area contributed by atoms with Crippen LogP contribution in [0.3, 0.4) is 0 Å². The molecule has 0 spiro atoms. The number of nitrogens with zero attached hydrogens (tertiary/aromatic N) is 3. The number of nitrogens with two attached hydrogens (primary N) is 1. The van der Waals surface area contributed by atoms with Gasteiger partial charge in [-0.15, -0.1) is 0 Å². The average Bonchev–Trinajstić information content (AvgIpc) is 2.75. The van der Waals surface area contributed by atoms with E-state index < -0.39 is 17.9 Å². The molecule has 2 heterocycles. The molecule has 2 atom stereocenters. The zero-order valence-electron chi connectivity index (χ0n) is 18.6. The van der Waals surface area contributed by atoms with Crippen molar-refractivity contribution in [3.63, 3.8) is 0 Å². The Kier molecular flexibility index (Phi) is 7.03. The van der Waals surface area contributed by atoms with Gasteiger partial charge in [0.2, 0.25) is 5.91 Å². The third kappa shape index (κ3) is 5.02. The number of nitrogens with one attached hydrogen (secondary N) is 1. The van der Waals surface area contributed by atoms with Crippen LogP contribution in [-0.4, -0.2) is 51.6 Å². The third-order valence-electron chi connectivity index (χ3n) is 5.58. The second-order valence-electron chi connectivity index (χ2n) is 8.40. The van der Waals surface area contributed by atoms with Crippen LogP contribution in [-0.2, 0) is 14.4 Å². The summed E-state index contributed by atoms with van der Waals surface area (Å²) < 4.78 is 0. The highest BCUT2D eigenvalue weighted by Crippen LogP contribution is 2.30. The first-order valence-electron chi connectivity index (χ1n) is 10.5. The van der Waals surface area contributed by atoms with Gasteiger partial charge in [0, 0.05) is 30.1 Å². The summed E-state index contributed by atoms with van der Waals surface area (Å²) in [5, 5.41) is 3.12. The summed E-state index contributed by atoms with van der Waals surface area (Å²) >= 11 is 6.19. The highest BCUT2D eigenvalue weighted by molar-refractivity contribution is 6.39. The van der Waals surface area contributed by atoms with Crippen molar-refractivity contribution in [2.24, 2.45) is 5.92 Å². The Morgan fingerprint density at radius 1 is 1.19 bits per heavy atom. The molecule has 1 aromatic heterocycles. The van der Waals surface area contributed by atoms with Crippen molar-refractivity contribution in [3.8, 4) is 0 Å². The standard InChI is InChI=1S/C23H28ClN5O3/c1-13(2)22(31)28-12-19(16-6-5-7-17(24)9-16)29(11-15(28)4)23(32)21(30)27-18-8-14(3)20(25)26-10-18/h5-10,13,15,19H,11-12H2,1-4H3,(H2,25,26)(H,27,30)/t15-,19-/m1/s1. The van der Waals surface area contributed by atoms with Crippen LogP contribution in [0.25, 0.3) is 0 Å². The molecule has 3 amide bonds. The predicted octanol–water partition coefficient (Wildman–Crippen LogP) is 3.02. The molecule has 170 valence electrons. The Hall–Kier alpha value is -3.13. The smallest absolute Gasteiger partial charge is 0.313 e. The van der Waals surface area contributed by atoms with Crippen LogP contribution in [0.2, 0.25) is 5.02 Å². The molecule has 1 fully saturated rings. The Morgan fingerprint density at radius 3 is 2.53 bits per heavy atom. The largest absolute Gasteiger partial charge is 0.383 e. The number of piperazine rings is 1. The number of rotatable bonds is 3. The van der Waals surface area contributed by atoms with Gasteiger partial charge in [-0.05, 0) is 43.2 Å². The Bertz CT molecular complexity index is 1040. The molecule has 1 aromatic carbocycles. The molecule has 0 unspecified atom stereocenters. The topological polar surface area (TPSA) is 109 Å². The summed E-state index contributed by atoms with van der Waals surface area (Å²) in [5.41, 5.74) is 7.57. The lowest BCUT2D eigenvalue weighted by atomic mass is 9.98. The molecule has 3 N–H and O–H groups in total. The first kappa shape index (κ1) is 23.5. The lowest BCUT2D eigenvalue weighted by molar-refractivity contribution is -0.152. The molecule has 8 nitrogen and oxygen atoms in total. The number of amides is 3. The number of aromatic nitrogens is 1. The fourth-order valence-corrected chi connectivity index (χ4v) is 4.01. The van der Waals surface area contributed by atoms with E-state index in [0.717, 1.165) is 5.56 Å². The molecule has 2 aromatic rings. The number of nitrogen functional groups attached to an aromatic ring is 1. The van der Waals surface area contributed by atoms with Gasteiger partial charge in [0.15, 0.2) is 0 Å². The van der Waals surface area contributed by atoms with Crippen molar-refractivity contribution in [2.75, 3.05) is 24.1 Å². The van der Waals surface area contributed by atoms with Crippen molar-refractivity contribution in [3.05, 3.63) is 52.7 Å². The van der Waals surface area contributed by atoms with Crippen molar-refractivity contribution in [2.45, 2.75) is 39.8 Å². The molecule has 0 bridgehead atoms. The molecule has 1 aliphatic rings. The number of carbonyl (C=O) groups is 3. The number of halogens is 1. The maximum Gasteiger partial charge on any atom is 0.313 e. The predicted molar refractivity (Wildman–Crippen MR) is 124 cm³/mol. The van der Waals surface area contributed by atoms with E-state index in [1.807, 2.05) is 26.8 Å². The number of pyridine rings is 1. The zero-order valence-corrected chi connectivity index (χ0v) is 19.4. The quantitative estimate of drug-likeness (QED) is 0.688. The molecule has 0 radical (unpaired) electrons. The van der Waals surface area contributed by atoms with Gasteiger partial charge in [-0.2, -0.15) is 0 Å². The summed E-state index contributed by atoms with van der Waals surface area (Å²) in [6, 6.07) is 8.04. The number of hydrogen-bond acceptors (Lipinski definition) is 5. The van der Waals surface area contributed by atoms with Crippen LogP contribution in [0, 0.1) is 12.8 Å². The summed E-state index contributed by atoms with van der Waals surface area (Å²) in [4.78, 5) is 46.1. The van der Waals surface area contributed by atoms with Crippen molar-refractivity contribution >= 4 is 40.8 Å². The van der Waals surface area contributed by atoms with Crippen molar-refractivity contribution in [1.29, 1.82) is 0 Å². The summed E-state index contributed by atoms with van der Waals surface area (Å²) in [5.74, 6) is -1.28. The summed E-state index contributed by atoms with van der Waals surface area (Å²) in [7, 11) is 0. The Labute approximate surface area is 192 Å². The van der Waals surface area contributed by atoms with Crippen LogP contribution in [0.15, 0.2) is 36.5 Å². The maximum absolute atomic E-state index is 13.2. The number of anilines is 2. The highest BCUT2D eigenvalue weighted by atomic mass is 35.5. The lowest BCUT2D eigenvalue weighted by Crippen LogP contribution is -2.59. The second kappa shape index (κ2) is 9.56. The van der Waals surface area contributed by atoms with Gasteiger partial charge in [-0.25, -0.2) is 4.98 Å². The minimum absolute atomic E-state index is 0.00417. The second-order valence-corrected chi connectivity index (χ2v) is 8.84. The molecule has 3 rings (SSSR count). The van der Waals surface area contributed by atoms with Gasteiger partial charge in [0.05, 0.1) is 17.9 Å². The van der Waals surface area contributed by atoms with E-state index in [1.165, 1.54) is 11.1 Å². The Morgan fingerprint density at radius 2 is 1.91 bits per heavy atom. The number of hydrogen-bond donors (Lipinski definition) is 2. The van der Waals surface area contributed by atoms with Crippen LogP contribution in [0.4, 0.5) is 11.5 Å². The van der Waals surface area contributed by atoms with E-state index in [-0.39, 0.29) is 31.0 Å². The van der Waals surface area contributed by atoms with E-state index >= 15 is 0 Å². The fraction of sp³-hybridized carbons (Fsp3) is 0.391. The monoisotopic (exact) mass is 457 g/mol. The average molecular weight is 458 g/mol. The molecule has 1 saturated heterocycles. The van der Waals surface area contributed by atoms with Gasteiger partial charge in [0.25, 0.3) is 0 Å². The van der Waals surface area contributed by atoms with Gasteiger partial charge < -0.3 is 20.9 Å². The molecule has 32 heavy (non-hydrogen) atoms. The fourth-order valence-electron chi connectivity index (χ4n) is 3.81. The van der Waals surface area contributed by atoms with E-state index in [2.05, 4.69) is 10.3 Å². The van der Waals surface area contributed by atoms with E-state index in [4.69, 9.17) is 17.3 Å². The lowest BCUT2D eigenvalue weighted by Gasteiger charge is -2.45. The summed E-state index contributed by atoms with van der Waals surface area (Å²) in [6.07, 6.45) is 1.41. The zero-order chi connectivity index (χ0) is 23.6. The molecular weight excluding hydrogens is 430 g/mol. The molecular formula is C23H28ClN5O3. The first-order chi connectivity index (χ1) is 15.1. The van der Waals surface area contributed by atoms with Gasteiger partial charge in [0.1, 0.15) is 5.82 Å². The van der Waals surface area contributed by atoms with Crippen molar-refractivity contribution < 1.29 is 14.4 Å². The van der Waals surface area contributed by atoms with Crippen LogP contribution < -0.4 is 11.1 Å². The van der Waals surface area contributed by atoms with E-state index in [9.17, 15) is 14.4 Å². The van der Waals surface area contributed by atoms with Gasteiger partial charge in [-0.1, -0.05) is 37.6 Å². The SMILES string of the molecule is Cc1cc(NC(=O)C(=O)N2C[C@@H](C)N(C(=O)C(C)C)C[C@@H]2c2cccc(Cl)c2)cnc1N. The minimum Gasteiger partial charge on any atom is -0.383 e. The number of carbonyl (C=O) groups excluding carboxylic acids is 3. The molecule has 9 heteroatoms. The van der Waals surface area contributed by atoms with E-state index in [0.29, 0.717) is 22.1 Å². The summed E-state index contributed by atoms with van der Waals surface area (Å²) in [6.45, 7) is 7.83. The molecule has 0 saturated carbocycles. The van der Waals surface area contributed by atoms with Crippen molar-refractivity contribution in [1.82, 2.24) is 14.8 Å². The first-order valence-corrected chi connectivity index (χ1v) is 10.9. The molecule has 0 aliphatic carbocycles. The molecule has 1 aliphatic heterocycles.